The minimum absolute atomic E-state index is 0.324. The van der Waals surface area contributed by atoms with Crippen LogP contribution < -0.4 is 4.80 Å². The highest BCUT2D eigenvalue weighted by Crippen LogP contribution is 2.21. The van der Waals surface area contributed by atoms with Crippen molar-refractivity contribution >= 4 is 23.0 Å². The van der Waals surface area contributed by atoms with Crippen molar-refractivity contribution in [3.63, 3.8) is 0 Å². The summed E-state index contributed by atoms with van der Waals surface area (Å²) in [5, 5.41) is 22.9. The zero-order valence-corrected chi connectivity index (χ0v) is 13.8. The van der Waals surface area contributed by atoms with E-state index in [4.69, 9.17) is 10.4 Å². The molecule has 2 aromatic carbocycles. The molecule has 3 aromatic rings. The van der Waals surface area contributed by atoms with Gasteiger partial charge in [-0.05, 0) is 30.3 Å². The first-order valence-electron chi connectivity index (χ1n) is 7.10. The van der Waals surface area contributed by atoms with Gasteiger partial charge >= 0.3 is 5.97 Å². The summed E-state index contributed by atoms with van der Waals surface area (Å²) < 4.78 is 15.0. The number of carboxylic acids is 1. The van der Waals surface area contributed by atoms with Gasteiger partial charge in [0.1, 0.15) is 10.8 Å². The van der Waals surface area contributed by atoms with Crippen LogP contribution >= 0.6 is 11.3 Å². The van der Waals surface area contributed by atoms with Crippen molar-refractivity contribution in [2.45, 2.75) is 0 Å². The Balaban J connectivity index is 2.02. The molecule has 1 heterocycles. The normalized spacial score (nSPS) is 11.3. The predicted molar refractivity (Wildman–Crippen MR) is 89.8 cm³/mol. The van der Waals surface area contributed by atoms with Gasteiger partial charge in [0.15, 0.2) is 0 Å². The van der Waals surface area contributed by atoms with Gasteiger partial charge in [0.25, 0.3) is 0 Å². The third-order valence-electron chi connectivity index (χ3n) is 3.37. The van der Waals surface area contributed by atoms with Crippen LogP contribution in [0.5, 0.6) is 0 Å². The average molecular weight is 354 g/mol. The van der Waals surface area contributed by atoms with Crippen LogP contribution in [0, 0.1) is 17.1 Å². The van der Waals surface area contributed by atoms with E-state index in [0.29, 0.717) is 21.1 Å². The van der Waals surface area contributed by atoms with Crippen LogP contribution in [0.15, 0.2) is 47.5 Å². The first kappa shape index (κ1) is 16.5. The fourth-order valence-corrected chi connectivity index (χ4v) is 3.02. The average Bonchev–Trinajstić information content (AvgIpc) is 2.97. The quantitative estimate of drug-likeness (QED) is 0.782. The third-order valence-corrected chi connectivity index (χ3v) is 4.42. The van der Waals surface area contributed by atoms with Crippen LogP contribution in [-0.2, 0) is 7.05 Å². The number of rotatable bonds is 3. The van der Waals surface area contributed by atoms with Crippen LogP contribution in [0.2, 0.25) is 0 Å². The first-order valence-corrected chi connectivity index (χ1v) is 7.92. The molecule has 25 heavy (non-hydrogen) atoms. The number of nitrogens with zero attached hydrogens (tertiary/aromatic N) is 4. The van der Waals surface area contributed by atoms with Crippen LogP contribution in [0.1, 0.15) is 15.9 Å². The molecule has 124 valence electrons. The van der Waals surface area contributed by atoms with E-state index in [1.54, 1.807) is 36.0 Å². The second-order valence-corrected chi connectivity index (χ2v) is 6.04. The number of benzene rings is 2. The van der Waals surface area contributed by atoms with E-state index < -0.39 is 17.3 Å². The highest BCUT2D eigenvalue weighted by atomic mass is 32.1. The molecular weight excluding hydrogens is 343 g/mol. The summed E-state index contributed by atoms with van der Waals surface area (Å²) in [6, 6.07) is 12.7. The zero-order chi connectivity index (χ0) is 18.0. The molecule has 8 heteroatoms. The lowest BCUT2D eigenvalue weighted by atomic mass is 10.2. The predicted octanol–water partition coefficient (Wildman–Crippen LogP) is 3.09. The number of carboxylic acid groups (broad SMARTS) is 1. The lowest BCUT2D eigenvalue weighted by molar-refractivity contribution is 0.0692. The minimum Gasteiger partial charge on any atom is -0.478 e. The molecule has 1 N–H and O–H groups in total. The van der Waals surface area contributed by atoms with Crippen molar-refractivity contribution in [1.82, 2.24) is 9.78 Å². The zero-order valence-electron chi connectivity index (χ0n) is 13.0. The molecule has 0 saturated heterocycles. The fraction of sp³-hybridized carbons (Fsp3) is 0.0588. The Morgan fingerprint density at radius 2 is 2.04 bits per heavy atom. The number of carbonyl (C=O) groups is 1. The molecule has 0 fully saturated rings. The Hall–Kier alpha value is -3.31. The Kier molecular flexibility index (Phi) is 4.41. The van der Waals surface area contributed by atoms with E-state index in [0.717, 1.165) is 11.6 Å². The highest BCUT2D eigenvalue weighted by Gasteiger charge is 2.11. The van der Waals surface area contributed by atoms with Crippen molar-refractivity contribution in [2.75, 3.05) is 0 Å². The van der Waals surface area contributed by atoms with E-state index in [1.807, 2.05) is 0 Å². The smallest absolute Gasteiger partial charge is 0.338 e. The highest BCUT2D eigenvalue weighted by molar-refractivity contribution is 7.12. The Bertz CT molecular complexity index is 1060. The van der Waals surface area contributed by atoms with Crippen LogP contribution in [0.25, 0.3) is 10.6 Å². The Morgan fingerprint density at radius 1 is 1.32 bits per heavy atom. The molecule has 1 aromatic heterocycles. The molecule has 0 amide bonds. The minimum atomic E-state index is -1.35. The van der Waals surface area contributed by atoms with Crippen molar-refractivity contribution in [1.29, 1.82) is 5.26 Å². The van der Waals surface area contributed by atoms with Gasteiger partial charge in [0, 0.05) is 12.6 Å². The SMILES string of the molecule is Cn1nc(-c2ccc(C#N)cc2)sc1=Nc1ccc(F)c(C(=O)O)c1. The van der Waals surface area contributed by atoms with Gasteiger partial charge in [-0.3, -0.25) is 0 Å². The van der Waals surface area contributed by atoms with Gasteiger partial charge in [-0.2, -0.15) is 10.4 Å². The second-order valence-electron chi connectivity index (χ2n) is 5.08. The second kappa shape index (κ2) is 6.67. The summed E-state index contributed by atoms with van der Waals surface area (Å²) in [7, 11) is 1.71. The van der Waals surface area contributed by atoms with E-state index in [1.165, 1.54) is 23.5 Å². The molecule has 0 aliphatic rings. The van der Waals surface area contributed by atoms with Crippen LogP contribution in [0.3, 0.4) is 0 Å². The maximum atomic E-state index is 13.5. The van der Waals surface area contributed by atoms with Gasteiger partial charge in [0.05, 0.1) is 22.9 Å². The van der Waals surface area contributed by atoms with Crippen LogP contribution in [0.4, 0.5) is 10.1 Å². The van der Waals surface area contributed by atoms with E-state index in [2.05, 4.69) is 16.2 Å². The van der Waals surface area contributed by atoms with Gasteiger partial charge in [-0.1, -0.05) is 23.5 Å². The van der Waals surface area contributed by atoms with Crippen molar-refractivity contribution in [3.05, 3.63) is 64.2 Å². The number of hydrogen-bond acceptors (Lipinski definition) is 5. The monoisotopic (exact) mass is 354 g/mol. The number of aromatic carboxylic acids is 1. The topological polar surface area (TPSA) is 91.3 Å². The van der Waals surface area contributed by atoms with Crippen molar-refractivity contribution < 1.29 is 14.3 Å². The third kappa shape index (κ3) is 3.46. The molecule has 0 aliphatic heterocycles. The van der Waals surface area contributed by atoms with Crippen molar-refractivity contribution in [3.8, 4) is 16.6 Å². The Morgan fingerprint density at radius 3 is 2.68 bits per heavy atom. The van der Waals surface area contributed by atoms with E-state index >= 15 is 0 Å². The molecule has 0 aliphatic carbocycles. The van der Waals surface area contributed by atoms with Crippen molar-refractivity contribution in [2.24, 2.45) is 12.0 Å². The summed E-state index contributed by atoms with van der Waals surface area (Å²) in [5.74, 6) is -2.15. The molecule has 0 spiro atoms. The molecule has 6 nitrogen and oxygen atoms in total. The van der Waals surface area contributed by atoms with E-state index in [-0.39, 0.29) is 0 Å². The number of halogens is 1. The summed E-state index contributed by atoms with van der Waals surface area (Å²) in [4.78, 5) is 15.9. The summed E-state index contributed by atoms with van der Waals surface area (Å²) in [6.45, 7) is 0. The van der Waals surface area contributed by atoms with Gasteiger partial charge in [-0.25, -0.2) is 18.9 Å². The molecule has 0 atom stereocenters. The number of aryl methyl sites for hydroxylation is 1. The maximum absolute atomic E-state index is 13.5. The van der Waals surface area contributed by atoms with Crippen LogP contribution in [-0.4, -0.2) is 20.9 Å². The maximum Gasteiger partial charge on any atom is 0.338 e. The fourth-order valence-electron chi connectivity index (χ4n) is 2.11. The molecule has 3 rings (SSSR count). The summed E-state index contributed by atoms with van der Waals surface area (Å²) in [5.41, 5.74) is 1.29. The summed E-state index contributed by atoms with van der Waals surface area (Å²) >= 11 is 1.30. The van der Waals surface area contributed by atoms with E-state index in [9.17, 15) is 9.18 Å². The molecule has 0 radical (unpaired) electrons. The molecular formula is C17H11FN4O2S. The first-order chi connectivity index (χ1) is 12.0. The molecule has 0 bridgehead atoms. The van der Waals surface area contributed by atoms with Gasteiger partial charge in [-0.15, -0.1) is 0 Å². The molecule has 0 unspecified atom stereocenters. The number of hydrogen-bond donors (Lipinski definition) is 1. The number of nitriles is 1. The van der Waals surface area contributed by atoms with Gasteiger partial charge in [0.2, 0.25) is 4.80 Å². The Labute approximate surface area is 145 Å². The number of aromatic nitrogens is 2. The largest absolute Gasteiger partial charge is 0.478 e. The lowest BCUT2D eigenvalue weighted by Gasteiger charge is -1.98. The van der Waals surface area contributed by atoms with Gasteiger partial charge < -0.3 is 5.11 Å². The standard InChI is InChI=1S/C17H11FN4O2S/c1-22-17(20-12-6-7-14(18)13(8-12)16(23)24)25-15(21-22)11-4-2-10(9-19)3-5-11/h2-8H,1H3,(H,23,24). The summed E-state index contributed by atoms with van der Waals surface area (Å²) in [6.07, 6.45) is 0. The molecule has 0 saturated carbocycles. The lowest BCUT2D eigenvalue weighted by Crippen LogP contribution is -2.11.